The van der Waals surface area contributed by atoms with E-state index >= 15 is 0 Å². The van der Waals surface area contributed by atoms with Crippen molar-refractivity contribution in [1.82, 2.24) is 0 Å². The SMILES string of the molecule is CCC(C)(C)C(=O)OC1C(F)(F)COC(O)(C(F)(F)F)C1(F)F. The van der Waals surface area contributed by atoms with Crippen LogP contribution in [0.15, 0.2) is 0 Å². The van der Waals surface area contributed by atoms with Crippen LogP contribution in [-0.4, -0.2) is 47.6 Å². The van der Waals surface area contributed by atoms with Gasteiger partial charge in [0.15, 0.2) is 0 Å². The molecule has 11 heteroatoms. The van der Waals surface area contributed by atoms with E-state index in [1.165, 1.54) is 20.8 Å². The van der Waals surface area contributed by atoms with Gasteiger partial charge in [0.05, 0.1) is 5.41 Å². The standard InChI is InChI=1S/C12H15F7O4/c1-4-8(2,3)7(20)23-6-9(13,14)5-22-11(21,10(6,15)16)12(17,18)19/h6,21H,4-5H2,1-3H3. The fraction of sp³-hybridized carbons (Fsp3) is 0.917. The van der Waals surface area contributed by atoms with Crippen LogP contribution < -0.4 is 0 Å². The van der Waals surface area contributed by atoms with Gasteiger partial charge in [-0.3, -0.25) is 4.79 Å². The second-order valence-corrected chi connectivity index (χ2v) is 5.84. The molecule has 2 atom stereocenters. The Morgan fingerprint density at radius 1 is 1.26 bits per heavy atom. The molecule has 0 amide bonds. The highest BCUT2D eigenvalue weighted by Crippen LogP contribution is 2.52. The van der Waals surface area contributed by atoms with Crippen molar-refractivity contribution in [3.8, 4) is 0 Å². The van der Waals surface area contributed by atoms with E-state index < -0.39 is 47.9 Å². The summed E-state index contributed by atoms with van der Waals surface area (Å²) in [5, 5.41) is 9.09. The van der Waals surface area contributed by atoms with E-state index in [0.717, 1.165) is 0 Å². The van der Waals surface area contributed by atoms with E-state index in [1.54, 1.807) is 0 Å². The summed E-state index contributed by atoms with van der Waals surface area (Å²) in [7, 11) is 0. The van der Waals surface area contributed by atoms with Crippen LogP contribution in [0.1, 0.15) is 27.2 Å². The lowest BCUT2D eigenvalue weighted by atomic mass is 9.89. The molecule has 1 saturated heterocycles. The van der Waals surface area contributed by atoms with Gasteiger partial charge in [0.25, 0.3) is 0 Å². The monoisotopic (exact) mass is 356 g/mol. The van der Waals surface area contributed by atoms with E-state index in [-0.39, 0.29) is 6.42 Å². The quantitative estimate of drug-likeness (QED) is 0.624. The summed E-state index contributed by atoms with van der Waals surface area (Å²) in [6, 6.07) is 0. The van der Waals surface area contributed by atoms with Gasteiger partial charge in [-0.2, -0.15) is 30.7 Å². The predicted molar refractivity (Wildman–Crippen MR) is 60.8 cm³/mol. The third kappa shape index (κ3) is 3.12. The summed E-state index contributed by atoms with van der Waals surface area (Å²) < 4.78 is 100. The molecule has 2 unspecified atom stereocenters. The average molecular weight is 356 g/mol. The number of carbonyl (C=O) groups excluding carboxylic acids is 1. The Morgan fingerprint density at radius 2 is 1.74 bits per heavy atom. The number of hydrogen-bond acceptors (Lipinski definition) is 4. The minimum atomic E-state index is -6.09. The Hall–Kier alpha value is -1.10. The average Bonchev–Trinajstić information content (AvgIpc) is 2.38. The summed E-state index contributed by atoms with van der Waals surface area (Å²) in [6.45, 7) is 1.60. The summed E-state index contributed by atoms with van der Waals surface area (Å²) in [4.78, 5) is 11.7. The van der Waals surface area contributed by atoms with Gasteiger partial charge in [0.1, 0.15) is 6.61 Å². The van der Waals surface area contributed by atoms with Gasteiger partial charge in [0.2, 0.25) is 6.10 Å². The Morgan fingerprint density at radius 3 is 2.13 bits per heavy atom. The lowest BCUT2D eigenvalue weighted by Gasteiger charge is -2.46. The second-order valence-electron chi connectivity index (χ2n) is 5.84. The molecule has 1 aliphatic heterocycles. The van der Waals surface area contributed by atoms with Gasteiger partial charge < -0.3 is 14.6 Å². The summed E-state index contributed by atoms with van der Waals surface area (Å²) >= 11 is 0. The molecule has 4 nitrogen and oxygen atoms in total. The number of hydrogen-bond donors (Lipinski definition) is 1. The molecule has 0 spiro atoms. The maximum atomic E-state index is 13.9. The minimum absolute atomic E-state index is 0.00423. The number of esters is 1. The Labute approximate surface area is 126 Å². The topological polar surface area (TPSA) is 55.8 Å². The minimum Gasteiger partial charge on any atom is -0.449 e. The molecule has 23 heavy (non-hydrogen) atoms. The van der Waals surface area contributed by atoms with E-state index in [0.29, 0.717) is 0 Å². The van der Waals surface area contributed by atoms with Crippen molar-refractivity contribution in [1.29, 1.82) is 0 Å². The molecular formula is C12H15F7O4. The molecule has 1 fully saturated rings. The van der Waals surface area contributed by atoms with Crippen molar-refractivity contribution in [3.63, 3.8) is 0 Å². The van der Waals surface area contributed by atoms with E-state index in [9.17, 15) is 35.5 Å². The van der Waals surface area contributed by atoms with Crippen LogP contribution in [0.25, 0.3) is 0 Å². The van der Waals surface area contributed by atoms with Gasteiger partial charge in [-0.1, -0.05) is 6.92 Å². The Bertz CT molecular complexity index is 475. The van der Waals surface area contributed by atoms with E-state index in [2.05, 4.69) is 9.47 Å². The number of halogens is 7. The van der Waals surface area contributed by atoms with Crippen molar-refractivity contribution < 1.29 is 50.1 Å². The molecule has 136 valence electrons. The first-order valence-electron chi connectivity index (χ1n) is 6.42. The molecule has 0 saturated carbocycles. The zero-order valence-electron chi connectivity index (χ0n) is 12.3. The van der Waals surface area contributed by atoms with Gasteiger partial charge in [-0.15, -0.1) is 0 Å². The fourth-order valence-electron chi connectivity index (χ4n) is 1.66. The molecular weight excluding hydrogens is 341 g/mol. The number of rotatable bonds is 3. The van der Waals surface area contributed by atoms with Crippen molar-refractivity contribution in [2.75, 3.05) is 6.61 Å². The normalized spacial score (nSPS) is 30.8. The van der Waals surface area contributed by atoms with Crippen LogP contribution in [0, 0.1) is 5.41 Å². The smallest absolute Gasteiger partial charge is 0.449 e. The molecule has 1 rings (SSSR count). The van der Waals surface area contributed by atoms with E-state index in [4.69, 9.17) is 5.11 Å². The van der Waals surface area contributed by atoms with Crippen LogP contribution in [0.4, 0.5) is 30.7 Å². The van der Waals surface area contributed by atoms with Crippen molar-refractivity contribution in [3.05, 3.63) is 0 Å². The number of alkyl halides is 7. The molecule has 0 aromatic rings. The van der Waals surface area contributed by atoms with Crippen LogP contribution in [0.5, 0.6) is 0 Å². The predicted octanol–water partition coefficient (Wildman–Crippen LogP) is 2.89. The van der Waals surface area contributed by atoms with Crippen LogP contribution in [0.3, 0.4) is 0 Å². The highest BCUT2D eigenvalue weighted by atomic mass is 19.4. The Balaban J connectivity index is 3.28. The number of ether oxygens (including phenoxy) is 2. The maximum absolute atomic E-state index is 13.9. The maximum Gasteiger partial charge on any atom is 0.449 e. The number of carbonyl (C=O) groups is 1. The van der Waals surface area contributed by atoms with Gasteiger partial charge in [0, 0.05) is 0 Å². The second kappa shape index (κ2) is 5.47. The molecule has 0 radical (unpaired) electrons. The molecule has 0 aromatic carbocycles. The zero-order valence-corrected chi connectivity index (χ0v) is 12.3. The van der Waals surface area contributed by atoms with Gasteiger partial charge >= 0.3 is 29.8 Å². The molecule has 0 aromatic heterocycles. The Kier molecular flexibility index (Phi) is 4.74. The first-order chi connectivity index (χ1) is 10.0. The van der Waals surface area contributed by atoms with Crippen LogP contribution >= 0.6 is 0 Å². The summed E-state index contributed by atoms with van der Waals surface area (Å²) in [5.74, 6) is -17.0. The molecule has 0 bridgehead atoms. The highest BCUT2D eigenvalue weighted by Gasteiger charge is 2.81. The van der Waals surface area contributed by atoms with Crippen molar-refractivity contribution >= 4 is 5.97 Å². The summed E-state index contributed by atoms with van der Waals surface area (Å²) in [5.41, 5.74) is -1.49. The first kappa shape index (κ1) is 19.9. The lowest BCUT2D eigenvalue weighted by molar-refractivity contribution is -0.480. The molecule has 1 heterocycles. The van der Waals surface area contributed by atoms with Gasteiger partial charge in [-0.25, -0.2) is 0 Å². The first-order valence-corrected chi connectivity index (χ1v) is 6.42. The highest BCUT2D eigenvalue weighted by molar-refractivity contribution is 5.76. The third-order valence-corrected chi connectivity index (χ3v) is 3.68. The van der Waals surface area contributed by atoms with Gasteiger partial charge in [-0.05, 0) is 20.3 Å². The molecule has 0 aliphatic carbocycles. The molecule has 1 aliphatic rings. The van der Waals surface area contributed by atoms with Crippen LogP contribution in [-0.2, 0) is 14.3 Å². The largest absolute Gasteiger partial charge is 0.449 e. The number of aliphatic hydroxyl groups is 1. The lowest BCUT2D eigenvalue weighted by Crippen LogP contribution is -2.74. The fourth-order valence-corrected chi connectivity index (χ4v) is 1.66. The van der Waals surface area contributed by atoms with E-state index in [1.807, 2.05) is 0 Å². The molecule has 1 N–H and O–H groups in total. The summed E-state index contributed by atoms with van der Waals surface area (Å²) in [6.07, 6.45) is -9.91. The van der Waals surface area contributed by atoms with Crippen molar-refractivity contribution in [2.24, 2.45) is 5.41 Å². The van der Waals surface area contributed by atoms with Crippen LogP contribution in [0.2, 0.25) is 0 Å². The van der Waals surface area contributed by atoms with Crippen molar-refractivity contribution in [2.45, 2.75) is 57.1 Å². The third-order valence-electron chi connectivity index (χ3n) is 3.68. The zero-order chi connectivity index (χ0) is 18.5.